The number of methoxy groups -OCH3 is 1. The first-order valence-electron chi connectivity index (χ1n) is 8.58. The third-order valence-corrected chi connectivity index (χ3v) is 4.80. The Morgan fingerprint density at radius 2 is 1.86 bits per heavy atom. The SMILES string of the molecule is CCCC[C@H](NC(=O)OCC1(CC)CCCCC1)C(=O)OC. The van der Waals surface area contributed by atoms with Gasteiger partial charge in [-0.2, -0.15) is 0 Å². The maximum atomic E-state index is 12.0. The van der Waals surface area contributed by atoms with Crippen LogP contribution in [0.1, 0.15) is 71.6 Å². The molecule has 0 spiro atoms. The molecule has 0 aliphatic heterocycles. The van der Waals surface area contributed by atoms with Gasteiger partial charge in [0.2, 0.25) is 0 Å². The standard InChI is InChI=1S/C17H31NO4/c1-4-6-10-14(15(19)21-3)18-16(20)22-13-17(5-2)11-8-7-9-12-17/h14H,4-13H2,1-3H3,(H,18,20)/t14-/m0/s1. The van der Waals surface area contributed by atoms with Gasteiger partial charge in [0.05, 0.1) is 13.7 Å². The lowest BCUT2D eigenvalue weighted by Crippen LogP contribution is -2.43. The monoisotopic (exact) mass is 313 g/mol. The van der Waals surface area contributed by atoms with E-state index in [-0.39, 0.29) is 5.41 Å². The van der Waals surface area contributed by atoms with Crippen LogP contribution in [-0.2, 0) is 14.3 Å². The maximum Gasteiger partial charge on any atom is 0.407 e. The Balaban J connectivity index is 2.46. The minimum absolute atomic E-state index is 0.125. The van der Waals surface area contributed by atoms with Crippen LogP contribution in [0.2, 0.25) is 0 Å². The van der Waals surface area contributed by atoms with E-state index in [0.29, 0.717) is 13.0 Å². The van der Waals surface area contributed by atoms with E-state index in [1.165, 1.54) is 26.4 Å². The molecule has 5 nitrogen and oxygen atoms in total. The summed E-state index contributed by atoms with van der Waals surface area (Å²) in [6, 6.07) is -0.610. The highest BCUT2D eigenvalue weighted by molar-refractivity contribution is 5.81. The van der Waals surface area contributed by atoms with Crippen LogP contribution in [0.5, 0.6) is 0 Å². The number of carbonyl (C=O) groups is 2. The third-order valence-electron chi connectivity index (χ3n) is 4.80. The van der Waals surface area contributed by atoms with Gasteiger partial charge >= 0.3 is 12.1 Å². The summed E-state index contributed by atoms with van der Waals surface area (Å²) in [4.78, 5) is 23.7. The number of hydrogen-bond donors (Lipinski definition) is 1. The maximum absolute atomic E-state index is 12.0. The van der Waals surface area contributed by atoms with Crippen molar-refractivity contribution in [2.75, 3.05) is 13.7 Å². The number of esters is 1. The number of nitrogens with one attached hydrogen (secondary N) is 1. The van der Waals surface area contributed by atoms with Crippen molar-refractivity contribution in [2.45, 2.75) is 77.7 Å². The molecule has 0 heterocycles. The normalized spacial score (nSPS) is 18.3. The summed E-state index contributed by atoms with van der Waals surface area (Å²) in [6.07, 6.45) is 8.84. The van der Waals surface area contributed by atoms with Crippen molar-refractivity contribution < 1.29 is 19.1 Å². The molecule has 1 atom stereocenters. The van der Waals surface area contributed by atoms with E-state index < -0.39 is 18.1 Å². The van der Waals surface area contributed by atoms with Crippen LogP contribution in [-0.4, -0.2) is 31.8 Å². The Morgan fingerprint density at radius 3 is 2.41 bits per heavy atom. The van der Waals surface area contributed by atoms with Crippen molar-refractivity contribution in [3.8, 4) is 0 Å². The van der Waals surface area contributed by atoms with Gasteiger partial charge in [0.15, 0.2) is 0 Å². The second kappa shape index (κ2) is 9.70. The van der Waals surface area contributed by atoms with E-state index in [4.69, 9.17) is 9.47 Å². The molecule has 1 fully saturated rings. The summed E-state index contributed by atoms with van der Waals surface area (Å²) >= 11 is 0. The second-order valence-electron chi connectivity index (χ2n) is 6.35. The molecular formula is C17H31NO4. The van der Waals surface area contributed by atoms with E-state index in [1.54, 1.807) is 0 Å². The molecule has 1 rings (SSSR count). The molecule has 0 unspecified atom stereocenters. The summed E-state index contributed by atoms with van der Waals surface area (Å²) in [7, 11) is 1.34. The average Bonchev–Trinajstić information content (AvgIpc) is 2.56. The molecular weight excluding hydrogens is 282 g/mol. The fraction of sp³-hybridized carbons (Fsp3) is 0.882. The number of hydrogen-bond acceptors (Lipinski definition) is 4. The molecule has 0 radical (unpaired) electrons. The first kappa shape index (κ1) is 18.8. The van der Waals surface area contributed by atoms with Gasteiger partial charge in [-0.1, -0.05) is 46.0 Å². The zero-order valence-electron chi connectivity index (χ0n) is 14.3. The fourth-order valence-electron chi connectivity index (χ4n) is 3.10. The fourth-order valence-corrected chi connectivity index (χ4v) is 3.10. The third kappa shape index (κ3) is 5.85. The Bertz CT molecular complexity index is 351. The molecule has 1 N–H and O–H groups in total. The lowest BCUT2D eigenvalue weighted by molar-refractivity contribution is -0.143. The van der Waals surface area contributed by atoms with E-state index >= 15 is 0 Å². The van der Waals surface area contributed by atoms with Crippen LogP contribution in [0, 0.1) is 5.41 Å². The number of unbranched alkanes of at least 4 members (excludes halogenated alkanes) is 1. The van der Waals surface area contributed by atoms with Crippen molar-refractivity contribution in [1.29, 1.82) is 0 Å². The topological polar surface area (TPSA) is 64.6 Å². The zero-order valence-corrected chi connectivity index (χ0v) is 14.3. The number of rotatable bonds is 8. The van der Waals surface area contributed by atoms with E-state index in [0.717, 1.165) is 32.1 Å². The van der Waals surface area contributed by atoms with Gasteiger partial charge in [0.1, 0.15) is 6.04 Å². The molecule has 22 heavy (non-hydrogen) atoms. The number of ether oxygens (including phenoxy) is 2. The molecule has 1 aliphatic rings. The Kier molecular flexibility index (Phi) is 8.28. The molecule has 128 valence electrons. The molecule has 0 aromatic carbocycles. The Morgan fingerprint density at radius 1 is 1.18 bits per heavy atom. The molecule has 5 heteroatoms. The minimum Gasteiger partial charge on any atom is -0.467 e. The van der Waals surface area contributed by atoms with E-state index in [2.05, 4.69) is 12.2 Å². The van der Waals surface area contributed by atoms with Crippen LogP contribution in [0.4, 0.5) is 4.79 Å². The van der Waals surface area contributed by atoms with Crippen molar-refractivity contribution in [1.82, 2.24) is 5.32 Å². The van der Waals surface area contributed by atoms with Crippen LogP contribution in [0.25, 0.3) is 0 Å². The van der Waals surface area contributed by atoms with Gasteiger partial charge in [-0.3, -0.25) is 0 Å². The van der Waals surface area contributed by atoms with E-state index in [1.807, 2.05) is 6.92 Å². The van der Waals surface area contributed by atoms with Crippen molar-refractivity contribution in [3.05, 3.63) is 0 Å². The van der Waals surface area contributed by atoms with Crippen molar-refractivity contribution in [2.24, 2.45) is 5.41 Å². The summed E-state index contributed by atoms with van der Waals surface area (Å²) in [6.45, 7) is 4.64. The molecule has 1 saturated carbocycles. The first-order valence-corrected chi connectivity index (χ1v) is 8.58. The highest BCUT2D eigenvalue weighted by atomic mass is 16.6. The van der Waals surface area contributed by atoms with Crippen LogP contribution in [0.15, 0.2) is 0 Å². The highest BCUT2D eigenvalue weighted by Gasteiger charge is 2.32. The van der Waals surface area contributed by atoms with Crippen molar-refractivity contribution >= 4 is 12.1 Å². The molecule has 0 aromatic rings. The highest BCUT2D eigenvalue weighted by Crippen LogP contribution is 2.39. The average molecular weight is 313 g/mol. The Hall–Kier alpha value is -1.26. The molecule has 0 aromatic heterocycles. The van der Waals surface area contributed by atoms with Gasteiger partial charge in [-0.15, -0.1) is 0 Å². The van der Waals surface area contributed by atoms with Gasteiger partial charge in [-0.25, -0.2) is 9.59 Å². The lowest BCUT2D eigenvalue weighted by Gasteiger charge is -2.35. The Labute approximate surface area is 134 Å². The van der Waals surface area contributed by atoms with Gasteiger partial charge in [-0.05, 0) is 25.7 Å². The summed E-state index contributed by atoms with van der Waals surface area (Å²) in [5.74, 6) is -0.409. The number of alkyl carbamates (subject to hydrolysis) is 1. The van der Waals surface area contributed by atoms with Crippen LogP contribution in [0.3, 0.4) is 0 Å². The van der Waals surface area contributed by atoms with E-state index in [9.17, 15) is 9.59 Å². The predicted octanol–water partition coefficient (Wildman–Crippen LogP) is 3.80. The van der Waals surface area contributed by atoms with Crippen LogP contribution < -0.4 is 5.32 Å². The lowest BCUT2D eigenvalue weighted by atomic mass is 9.73. The number of carbonyl (C=O) groups excluding carboxylic acids is 2. The number of amides is 1. The first-order chi connectivity index (χ1) is 10.6. The summed E-state index contributed by atoms with van der Waals surface area (Å²) < 4.78 is 10.2. The molecule has 1 amide bonds. The predicted molar refractivity (Wildman–Crippen MR) is 85.6 cm³/mol. The molecule has 1 aliphatic carbocycles. The second-order valence-corrected chi connectivity index (χ2v) is 6.35. The van der Waals surface area contributed by atoms with Crippen molar-refractivity contribution in [3.63, 3.8) is 0 Å². The van der Waals surface area contributed by atoms with Gasteiger partial charge in [0, 0.05) is 5.41 Å². The van der Waals surface area contributed by atoms with Crippen LogP contribution >= 0.6 is 0 Å². The molecule has 0 bridgehead atoms. The largest absolute Gasteiger partial charge is 0.467 e. The minimum atomic E-state index is -0.610. The van der Waals surface area contributed by atoms with Gasteiger partial charge in [0.25, 0.3) is 0 Å². The zero-order chi connectivity index (χ0) is 16.4. The quantitative estimate of drug-likeness (QED) is 0.692. The molecule has 0 saturated heterocycles. The smallest absolute Gasteiger partial charge is 0.407 e. The summed E-state index contributed by atoms with van der Waals surface area (Å²) in [5, 5.41) is 2.65. The van der Waals surface area contributed by atoms with Gasteiger partial charge < -0.3 is 14.8 Å². The summed E-state index contributed by atoms with van der Waals surface area (Å²) in [5.41, 5.74) is 0.125.